The minimum Gasteiger partial charge on any atom is -0.391 e. The number of anilines is 1. The summed E-state index contributed by atoms with van der Waals surface area (Å²) in [5.74, 6) is -0.250. The molecule has 1 aliphatic heterocycles. The number of hydrogen-bond acceptors (Lipinski definition) is 7. The number of oxime groups is 1. The van der Waals surface area contributed by atoms with E-state index in [9.17, 15) is 18.0 Å². The maximum absolute atomic E-state index is 12.9. The summed E-state index contributed by atoms with van der Waals surface area (Å²) in [5, 5.41) is 8.89. The van der Waals surface area contributed by atoms with E-state index in [1.165, 1.54) is 6.92 Å². The molecule has 2 aliphatic rings. The van der Waals surface area contributed by atoms with Crippen LogP contribution in [0.3, 0.4) is 0 Å². The topological polar surface area (TPSA) is 75.9 Å². The van der Waals surface area contributed by atoms with Crippen LogP contribution in [0, 0.1) is 6.92 Å². The summed E-state index contributed by atoms with van der Waals surface area (Å²) in [4.78, 5) is 28.1. The van der Waals surface area contributed by atoms with Gasteiger partial charge in [0, 0.05) is 36.3 Å². The van der Waals surface area contributed by atoms with Gasteiger partial charge in [0.15, 0.2) is 10.8 Å². The molecule has 2 aromatic heterocycles. The van der Waals surface area contributed by atoms with Crippen LogP contribution >= 0.6 is 27.3 Å². The van der Waals surface area contributed by atoms with Crippen molar-refractivity contribution in [3.8, 4) is 0 Å². The molecule has 0 radical (unpaired) electrons. The number of thiazole rings is 1. The quantitative estimate of drug-likeness (QED) is 0.366. The van der Waals surface area contributed by atoms with Crippen molar-refractivity contribution in [2.45, 2.75) is 45.5 Å². The highest BCUT2D eigenvalue weighted by atomic mass is 79.9. The zero-order valence-electron chi connectivity index (χ0n) is 20.7. The van der Waals surface area contributed by atoms with Crippen molar-refractivity contribution in [3.05, 3.63) is 62.3 Å². The van der Waals surface area contributed by atoms with Gasteiger partial charge in [-0.3, -0.25) is 9.48 Å². The minimum atomic E-state index is -4.53. The number of alkyl halides is 3. The second kappa shape index (κ2) is 11.0. The lowest BCUT2D eigenvalue weighted by Crippen LogP contribution is -2.49. The number of fused-ring (bicyclic) bond motifs is 1. The predicted molar refractivity (Wildman–Crippen MR) is 141 cm³/mol. The molecule has 1 aliphatic carbocycles. The van der Waals surface area contributed by atoms with E-state index in [0.29, 0.717) is 38.5 Å². The van der Waals surface area contributed by atoms with Crippen LogP contribution in [0.4, 0.5) is 18.3 Å². The van der Waals surface area contributed by atoms with Crippen LogP contribution in [0.1, 0.15) is 40.4 Å². The van der Waals surface area contributed by atoms with Gasteiger partial charge >= 0.3 is 6.18 Å². The van der Waals surface area contributed by atoms with Crippen molar-refractivity contribution >= 4 is 44.0 Å². The largest absolute Gasteiger partial charge is 0.435 e. The number of hydrogen-bond donors (Lipinski definition) is 0. The molecule has 0 saturated carbocycles. The summed E-state index contributed by atoms with van der Waals surface area (Å²) < 4.78 is 40.9. The first-order chi connectivity index (χ1) is 18.2. The normalized spacial score (nSPS) is 17.1. The van der Waals surface area contributed by atoms with Gasteiger partial charge in [0.25, 0.3) is 0 Å². The van der Waals surface area contributed by atoms with E-state index >= 15 is 0 Å². The molecule has 1 saturated heterocycles. The van der Waals surface area contributed by atoms with Crippen LogP contribution in [0.25, 0.3) is 0 Å². The van der Waals surface area contributed by atoms with Gasteiger partial charge in [0.05, 0.1) is 16.3 Å². The molecular weight excluding hydrogens is 585 g/mol. The lowest BCUT2D eigenvalue weighted by atomic mass is 10.0. The summed E-state index contributed by atoms with van der Waals surface area (Å²) in [5.41, 5.74) is 2.28. The fourth-order valence-corrected chi connectivity index (χ4v) is 6.11. The number of benzene rings is 1. The molecular formula is C25H26BrF3N6O2S. The van der Waals surface area contributed by atoms with Gasteiger partial charge in [-0.25, -0.2) is 4.98 Å². The molecule has 202 valence electrons. The van der Waals surface area contributed by atoms with Gasteiger partial charge in [0.1, 0.15) is 13.2 Å². The fourth-order valence-electron chi connectivity index (χ4n) is 4.49. The van der Waals surface area contributed by atoms with Gasteiger partial charge < -0.3 is 14.6 Å². The lowest BCUT2D eigenvalue weighted by molar-refractivity contribution is -0.142. The van der Waals surface area contributed by atoms with Crippen molar-refractivity contribution in [3.63, 3.8) is 0 Å². The van der Waals surface area contributed by atoms with Crippen molar-refractivity contribution in [1.82, 2.24) is 19.7 Å². The Labute approximate surface area is 230 Å². The van der Waals surface area contributed by atoms with Crippen molar-refractivity contribution in [2.24, 2.45) is 5.16 Å². The Balaban J connectivity index is 1.18. The molecule has 3 heterocycles. The van der Waals surface area contributed by atoms with Crippen LogP contribution in [0.15, 0.2) is 40.0 Å². The number of rotatable bonds is 6. The van der Waals surface area contributed by atoms with Crippen LogP contribution in [-0.4, -0.2) is 57.5 Å². The van der Waals surface area contributed by atoms with Gasteiger partial charge in [-0.2, -0.15) is 18.3 Å². The second-order valence-corrected chi connectivity index (χ2v) is 11.2. The summed E-state index contributed by atoms with van der Waals surface area (Å²) in [6.07, 6.45) is -1.86. The molecule has 0 spiro atoms. The van der Waals surface area contributed by atoms with E-state index in [2.05, 4.69) is 31.1 Å². The third-order valence-corrected chi connectivity index (χ3v) is 8.23. The van der Waals surface area contributed by atoms with Crippen LogP contribution < -0.4 is 4.90 Å². The zero-order chi connectivity index (χ0) is 26.9. The predicted octanol–water partition coefficient (Wildman–Crippen LogP) is 5.04. The van der Waals surface area contributed by atoms with Crippen molar-refractivity contribution in [2.75, 3.05) is 31.1 Å². The molecule has 8 nitrogen and oxygen atoms in total. The number of nitrogens with zero attached hydrogens (tertiary/aromatic N) is 6. The standard InChI is InChI=1S/C25H26BrF3N6O2S/c1-16-12-21(25(27,28)29)31-35(16)14-22(36)33-8-10-34(11-9-33)24-30-19-6-3-7-20(23(19)38-24)32-37-15-17-4-2-5-18(26)13-17/h2,4-5,12-13H,3,6-11,14-15H2,1H3. The number of amides is 1. The Morgan fingerprint density at radius 2 is 1.97 bits per heavy atom. The molecule has 0 N–H and O–H groups in total. The highest BCUT2D eigenvalue weighted by Gasteiger charge is 2.35. The van der Waals surface area contributed by atoms with E-state index < -0.39 is 11.9 Å². The van der Waals surface area contributed by atoms with Gasteiger partial charge in [0.2, 0.25) is 5.91 Å². The highest BCUT2D eigenvalue weighted by Crippen LogP contribution is 2.33. The summed E-state index contributed by atoms with van der Waals surface area (Å²) in [6.45, 7) is 3.80. The maximum atomic E-state index is 12.9. The van der Waals surface area contributed by atoms with Crippen molar-refractivity contribution < 1.29 is 22.8 Å². The van der Waals surface area contributed by atoms with E-state index in [1.807, 2.05) is 24.3 Å². The van der Waals surface area contributed by atoms with E-state index in [0.717, 1.165) is 61.5 Å². The number of carbonyl (C=O) groups is 1. The fraction of sp³-hybridized carbons (Fsp3) is 0.440. The van der Waals surface area contributed by atoms with Gasteiger partial charge in [-0.1, -0.05) is 44.6 Å². The number of carbonyl (C=O) groups excluding carboxylic acids is 1. The first-order valence-electron chi connectivity index (χ1n) is 12.2. The number of piperazine rings is 1. The third-order valence-electron chi connectivity index (χ3n) is 6.53. The molecule has 1 aromatic carbocycles. The first-order valence-corrected chi connectivity index (χ1v) is 13.9. The molecule has 5 rings (SSSR count). The van der Waals surface area contributed by atoms with E-state index in [1.54, 1.807) is 16.2 Å². The molecule has 38 heavy (non-hydrogen) atoms. The molecule has 0 bridgehead atoms. The maximum Gasteiger partial charge on any atom is 0.435 e. The Hall–Kier alpha value is -2.93. The molecule has 0 unspecified atom stereocenters. The smallest absolute Gasteiger partial charge is 0.391 e. The van der Waals surface area contributed by atoms with E-state index in [4.69, 9.17) is 9.82 Å². The van der Waals surface area contributed by atoms with Gasteiger partial charge in [-0.05, 0) is 49.9 Å². The average Bonchev–Trinajstić information content (AvgIpc) is 3.48. The second-order valence-electron chi connectivity index (χ2n) is 9.26. The number of halogens is 4. The Morgan fingerprint density at radius 1 is 1.18 bits per heavy atom. The van der Waals surface area contributed by atoms with Crippen molar-refractivity contribution in [1.29, 1.82) is 0 Å². The van der Waals surface area contributed by atoms with E-state index in [-0.39, 0.29) is 12.5 Å². The minimum absolute atomic E-state index is 0.215. The Bertz CT molecular complexity index is 1350. The SMILES string of the molecule is Cc1cc(C(F)(F)F)nn1CC(=O)N1CCN(c2nc3c(s2)C(=NOCc2cccc(Br)c2)CCC3)CC1. The lowest BCUT2D eigenvalue weighted by Gasteiger charge is -2.34. The summed E-state index contributed by atoms with van der Waals surface area (Å²) in [6, 6.07) is 8.86. The molecule has 13 heteroatoms. The van der Waals surface area contributed by atoms with Crippen LogP contribution in [0.5, 0.6) is 0 Å². The van der Waals surface area contributed by atoms with Crippen LogP contribution in [0.2, 0.25) is 0 Å². The Kier molecular flexibility index (Phi) is 7.75. The third kappa shape index (κ3) is 6.04. The van der Waals surface area contributed by atoms with Crippen LogP contribution in [-0.2, 0) is 35.4 Å². The highest BCUT2D eigenvalue weighted by molar-refractivity contribution is 9.10. The molecule has 3 aromatic rings. The molecule has 0 atom stereocenters. The van der Waals surface area contributed by atoms with Gasteiger partial charge in [-0.15, -0.1) is 0 Å². The molecule has 1 fully saturated rings. The Morgan fingerprint density at radius 3 is 2.68 bits per heavy atom. The first kappa shape index (κ1) is 26.7. The molecule has 1 amide bonds. The monoisotopic (exact) mass is 610 g/mol. The average molecular weight is 611 g/mol. The number of aryl methyl sites for hydroxylation is 2. The number of aromatic nitrogens is 3. The summed E-state index contributed by atoms with van der Waals surface area (Å²) in [7, 11) is 0. The summed E-state index contributed by atoms with van der Waals surface area (Å²) >= 11 is 5.05. The zero-order valence-corrected chi connectivity index (χ0v) is 23.1.